The SMILES string of the molecule is Cc1ncn(C)c1C(=O)N1CCC2(CC1)CC(=O)NC(=O)C2.O=CO. The van der Waals surface area contributed by atoms with Crippen molar-refractivity contribution in [2.24, 2.45) is 12.5 Å². The maximum absolute atomic E-state index is 12.6. The second-order valence-electron chi connectivity index (χ2n) is 6.51. The fourth-order valence-corrected chi connectivity index (χ4v) is 3.53. The summed E-state index contributed by atoms with van der Waals surface area (Å²) in [6.07, 6.45) is 3.78. The Bertz CT molecular complexity index is 651. The summed E-state index contributed by atoms with van der Waals surface area (Å²) in [5.74, 6) is -0.420. The molecule has 2 saturated heterocycles. The summed E-state index contributed by atoms with van der Waals surface area (Å²) < 4.78 is 1.74. The Kier molecular flexibility index (Phi) is 5.55. The maximum Gasteiger partial charge on any atom is 0.290 e. The lowest BCUT2D eigenvalue weighted by Gasteiger charge is -2.43. The van der Waals surface area contributed by atoms with Crippen molar-refractivity contribution in [3.63, 3.8) is 0 Å². The van der Waals surface area contributed by atoms with Gasteiger partial charge in [-0.05, 0) is 25.2 Å². The van der Waals surface area contributed by atoms with E-state index in [0.717, 1.165) is 5.69 Å². The second kappa shape index (κ2) is 7.45. The highest BCUT2D eigenvalue weighted by Crippen LogP contribution is 2.40. The van der Waals surface area contributed by atoms with Gasteiger partial charge in [0.2, 0.25) is 11.8 Å². The summed E-state index contributed by atoms with van der Waals surface area (Å²) in [4.78, 5) is 50.2. The van der Waals surface area contributed by atoms with Crippen molar-refractivity contribution in [3.8, 4) is 0 Å². The van der Waals surface area contributed by atoms with Crippen molar-refractivity contribution in [1.29, 1.82) is 0 Å². The molecule has 1 spiro atoms. The van der Waals surface area contributed by atoms with E-state index in [0.29, 0.717) is 44.5 Å². The third kappa shape index (κ3) is 4.04. The minimum Gasteiger partial charge on any atom is -0.483 e. The van der Waals surface area contributed by atoms with E-state index in [1.54, 1.807) is 15.8 Å². The summed E-state index contributed by atoms with van der Waals surface area (Å²) in [5, 5.41) is 9.24. The number of likely N-dealkylation sites (tertiary alicyclic amines) is 1. The zero-order valence-corrected chi connectivity index (χ0v) is 14.3. The summed E-state index contributed by atoms with van der Waals surface area (Å²) in [6, 6.07) is 0. The molecule has 2 aliphatic heterocycles. The molecule has 3 amide bonds. The van der Waals surface area contributed by atoms with Crippen molar-refractivity contribution in [2.45, 2.75) is 32.6 Å². The topological polar surface area (TPSA) is 122 Å². The Morgan fingerprint density at radius 3 is 2.24 bits per heavy atom. The molecule has 1 aromatic heterocycles. The van der Waals surface area contributed by atoms with Crippen molar-refractivity contribution in [2.75, 3.05) is 13.1 Å². The van der Waals surface area contributed by atoms with Gasteiger partial charge in [-0.3, -0.25) is 24.5 Å². The fourth-order valence-electron chi connectivity index (χ4n) is 3.53. The summed E-state index contributed by atoms with van der Waals surface area (Å²) in [7, 11) is 1.81. The normalized spacial score (nSPS) is 19.0. The van der Waals surface area contributed by atoms with Crippen molar-refractivity contribution in [1.82, 2.24) is 19.8 Å². The van der Waals surface area contributed by atoms with E-state index in [1.807, 2.05) is 14.0 Å². The van der Waals surface area contributed by atoms with Crippen LogP contribution in [0.25, 0.3) is 0 Å². The largest absolute Gasteiger partial charge is 0.483 e. The number of nitrogens with one attached hydrogen (secondary N) is 1. The number of imide groups is 1. The van der Waals surface area contributed by atoms with Gasteiger partial charge in [0.1, 0.15) is 5.69 Å². The summed E-state index contributed by atoms with van der Waals surface area (Å²) in [6.45, 7) is 2.72. The first-order chi connectivity index (χ1) is 11.8. The number of carboxylic acid groups (broad SMARTS) is 1. The van der Waals surface area contributed by atoms with Gasteiger partial charge < -0.3 is 14.6 Å². The first kappa shape index (κ1) is 18.6. The van der Waals surface area contributed by atoms with Crippen molar-refractivity contribution < 1.29 is 24.3 Å². The van der Waals surface area contributed by atoms with Crippen LogP contribution in [-0.4, -0.2) is 56.8 Å². The number of carbonyl (C=O) groups excluding carboxylic acids is 3. The standard InChI is InChI=1S/C15H20N4O3.CH2O2/c1-10-13(18(2)9-16-10)14(22)19-5-3-15(4-6-19)7-11(20)17-12(21)8-15;2-1-3/h9H,3-8H2,1-2H3,(H,17,20,21);1H,(H,2,3). The van der Waals surface area contributed by atoms with Crippen molar-refractivity contribution >= 4 is 24.2 Å². The Hall–Kier alpha value is -2.71. The van der Waals surface area contributed by atoms with E-state index in [1.165, 1.54) is 0 Å². The molecule has 25 heavy (non-hydrogen) atoms. The van der Waals surface area contributed by atoms with Crippen LogP contribution in [0, 0.1) is 12.3 Å². The zero-order valence-electron chi connectivity index (χ0n) is 14.3. The molecule has 136 valence electrons. The number of nitrogens with zero attached hydrogens (tertiary/aromatic N) is 3. The van der Waals surface area contributed by atoms with Gasteiger partial charge >= 0.3 is 0 Å². The van der Waals surface area contributed by atoms with Crippen LogP contribution in [0.2, 0.25) is 0 Å². The lowest BCUT2D eigenvalue weighted by molar-refractivity contribution is -0.139. The van der Waals surface area contributed by atoms with E-state index in [2.05, 4.69) is 10.3 Å². The number of rotatable bonds is 1. The van der Waals surface area contributed by atoms with Crippen LogP contribution in [0.4, 0.5) is 0 Å². The molecular weight excluding hydrogens is 328 g/mol. The average molecular weight is 350 g/mol. The molecular formula is C16H22N4O5. The van der Waals surface area contributed by atoms with E-state index in [-0.39, 0.29) is 29.6 Å². The van der Waals surface area contributed by atoms with E-state index < -0.39 is 0 Å². The molecule has 3 rings (SSSR count). The molecule has 2 N–H and O–H groups in total. The molecule has 9 heteroatoms. The fraction of sp³-hybridized carbons (Fsp3) is 0.562. The molecule has 2 fully saturated rings. The molecule has 0 saturated carbocycles. The molecule has 0 aromatic carbocycles. The molecule has 0 bridgehead atoms. The van der Waals surface area contributed by atoms with Crippen LogP contribution in [-0.2, 0) is 21.4 Å². The van der Waals surface area contributed by atoms with Gasteiger partial charge in [0.05, 0.1) is 12.0 Å². The average Bonchev–Trinajstić information content (AvgIpc) is 2.86. The predicted molar refractivity (Wildman–Crippen MR) is 86.6 cm³/mol. The molecule has 0 atom stereocenters. The number of hydrogen-bond acceptors (Lipinski definition) is 5. The van der Waals surface area contributed by atoms with Crippen LogP contribution in [0.3, 0.4) is 0 Å². The smallest absolute Gasteiger partial charge is 0.290 e. The second-order valence-corrected chi connectivity index (χ2v) is 6.51. The summed E-state index contributed by atoms with van der Waals surface area (Å²) in [5.41, 5.74) is 1.06. The van der Waals surface area contributed by atoms with Gasteiger partial charge in [0.25, 0.3) is 12.4 Å². The number of aromatic nitrogens is 2. The molecule has 9 nitrogen and oxygen atoms in total. The first-order valence-corrected chi connectivity index (χ1v) is 7.99. The quantitative estimate of drug-likeness (QED) is 0.547. The van der Waals surface area contributed by atoms with Gasteiger partial charge in [-0.2, -0.15) is 0 Å². The molecule has 0 unspecified atom stereocenters. The van der Waals surface area contributed by atoms with Crippen molar-refractivity contribution in [3.05, 3.63) is 17.7 Å². The molecule has 1 aromatic rings. The Balaban J connectivity index is 0.000000701. The molecule has 3 heterocycles. The number of piperidine rings is 2. The molecule has 0 aliphatic carbocycles. The number of imidazole rings is 1. The lowest BCUT2D eigenvalue weighted by Crippen LogP contribution is -2.51. The van der Waals surface area contributed by atoms with Gasteiger partial charge in [0, 0.05) is 33.0 Å². The Labute approximate surface area is 145 Å². The van der Waals surface area contributed by atoms with Gasteiger partial charge in [-0.25, -0.2) is 4.98 Å². The lowest BCUT2D eigenvalue weighted by atomic mass is 9.71. The Morgan fingerprint density at radius 2 is 1.80 bits per heavy atom. The summed E-state index contributed by atoms with van der Waals surface area (Å²) >= 11 is 0. The van der Waals surface area contributed by atoms with Gasteiger partial charge in [-0.1, -0.05) is 0 Å². The first-order valence-electron chi connectivity index (χ1n) is 7.99. The number of amides is 3. The van der Waals surface area contributed by atoms with Crippen LogP contribution in [0.5, 0.6) is 0 Å². The predicted octanol–water partition coefficient (Wildman–Crippen LogP) is 0.0883. The minimum absolute atomic E-state index is 0.0288. The molecule has 0 radical (unpaired) electrons. The van der Waals surface area contributed by atoms with Crippen LogP contribution in [0.15, 0.2) is 6.33 Å². The third-order valence-corrected chi connectivity index (χ3v) is 4.78. The van der Waals surface area contributed by atoms with Gasteiger partial charge in [-0.15, -0.1) is 0 Å². The van der Waals surface area contributed by atoms with E-state index >= 15 is 0 Å². The van der Waals surface area contributed by atoms with Gasteiger partial charge in [0.15, 0.2) is 0 Å². The third-order valence-electron chi connectivity index (χ3n) is 4.78. The monoisotopic (exact) mass is 350 g/mol. The maximum atomic E-state index is 12.6. The Morgan fingerprint density at radius 1 is 1.28 bits per heavy atom. The van der Waals surface area contributed by atoms with Crippen LogP contribution < -0.4 is 5.32 Å². The highest BCUT2D eigenvalue weighted by molar-refractivity contribution is 5.98. The zero-order chi connectivity index (χ0) is 18.6. The van der Waals surface area contributed by atoms with Crippen LogP contribution >= 0.6 is 0 Å². The van der Waals surface area contributed by atoms with E-state index in [9.17, 15) is 14.4 Å². The number of hydrogen-bond donors (Lipinski definition) is 2. The molecule has 2 aliphatic rings. The number of aryl methyl sites for hydroxylation is 2. The highest BCUT2D eigenvalue weighted by Gasteiger charge is 2.42. The highest BCUT2D eigenvalue weighted by atomic mass is 16.3. The minimum atomic E-state index is -0.266. The number of carbonyl (C=O) groups is 4. The van der Waals surface area contributed by atoms with E-state index in [4.69, 9.17) is 9.90 Å². The van der Waals surface area contributed by atoms with Crippen LogP contribution in [0.1, 0.15) is 41.9 Å².